The van der Waals surface area contributed by atoms with E-state index in [0.29, 0.717) is 11.4 Å². The second-order valence-electron chi connectivity index (χ2n) is 4.28. The Hall–Kier alpha value is -2.63. The van der Waals surface area contributed by atoms with Gasteiger partial charge in [0.15, 0.2) is 0 Å². The van der Waals surface area contributed by atoms with Crippen LogP contribution in [-0.2, 0) is 7.05 Å². The van der Waals surface area contributed by atoms with Gasteiger partial charge in [0.05, 0.1) is 18.1 Å². The standard InChI is InChI=1S/C13H12N4O2/c1-8-4-3-5-9(11(8)18)13-15-12(16-19-13)10-6-14-7-17(10)2/h3-7,18H,1-2H3. The van der Waals surface area contributed by atoms with Crippen molar-refractivity contribution in [3.8, 4) is 28.7 Å². The van der Waals surface area contributed by atoms with Crippen LogP contribution in [0.2, 0.25) is 0 Å². The maximum Gasteiger partial charge on any atom is 0.262 e. The lowest BCUT2D eigenvalue weighted by Crippen LogP contribution is -1.90. The number of aromatic hydroxyl groups is 1. The fraction of sp³-hybridized carbons (Fsp3) is 0.154. The van der Waals surface area contributed by atoms with Crippen LogP contribution in [0.25, 0.3) is 23.0 Å². The SMILES string of the molecule is Cc1cccc(-c2nc(-c3cncn3C)no2)c1O. The highest BCUT2D eigenvalue weighted by Crippen LogP contribution is 2.31. The summed E-state index contributed by atoms with van der Waals surface area (Å²) in [6.45, 7) is 1.82. The first-order valence-electron chi connectivity index (χ1n) is 5.76. The van der Waals surface area contributed by atoms with Gasteiger partial charge in [0.2, 0.25) is 5.82 Å². The maximum absolute atomic E-state index is 10.0. The van der Waals surface area contributed by atoms with E-state index in [0.717, 1.165) is 11.3 Å². The summed E-state index contributed by atoms with van der Waals surface area (Å²) in [5.41, 5.74) is 2.04. The molecule has 2 aromatic heterocycles. The molecule has 19 heavy (non-hydrogen) atoms. The molecule has 0 atom stereocenters. The molecule has 0 saturated heterocycles. The topological polar surface area (TPSA) is 77.0 Å². The first kappa shape index (κ1) is 11.5. The van der Waals surface area contributed by atoms with Gasteiger partial charge in [-0.05, 0) is 18.6 Å². The first-order valence-corrected chi connectivity index (χ1v) is 5.76. The Morgan fingerprint density at radius 1 is 1.32 bits per heavy atom. The highest BCUT2D eigenvalue weighted by molar-refractivity contribution is 5.65. The summed E-state index contributed by atoms with van der Waals surface area (Å²) in [5, 5.41) is 13.9. The molecule has 0 amide bonds. The van der Waals surface area contributed by atoms with E-state index in [1.54, 1.807) is 23.2 Å². The van der Waals surface area contributed by atoms with Crippen LogP contribution in [0, 0.1) is 6.92 Å². The van der Waals surface area contributed by atoms with Crippen LogP contribution >= 0.6 is 0 Å². The molecule has 0 aliphatic carbocycles. The van der Waals surface area contributed by atoms with E-state index in [2.05, 4.69) is 15.1 Å². The number of nitrogens with zero attached hydrogens (tertiary/aromatic N) is 4. The third-order valence-electron chi connectivity index (χ3n) is 2.94. The normalized spacial score (nSPS) is 10.8. The number of hydrogen-bond donors (Lipinski definition) is 1. The van der Waals surface area contributed by atoms with Gasteiger partial charge in [0.25, 0.3) is 5.89 Å². The monoisotopic (exact) mass is 256 g/mol. The molecular weight excluding hydrogens is 244 g/mol. The Morgan fingerprint density at radius 3 is 2.89 bits per heavy atom. The predicted molar refractivity (Wildman–Crippen MR) is 68.3 cm³/mol. The fourth-order valence-corrected chi connectivity index (χ4v) is 1.84. The summed E-state index contributed by atoms with van der Waals surface area (Å²) in [4.78, 5) is 8.29. The van der Waals surface area contributed by atoms with E-state index in [9.17, 15) is 5.11 Å². The van der Waals surface area contributed by atoms with Crippen LogP contribution in [0.1, 0.15) is 5.56 Å². The van der Waals surface area contributed by atoms with Gasteiger partial charge >= 0.3 is 0 Å². The number of rotatable bonds is 2. The van der Waals surface area contributed by atoms with E-state index < -0.39 is 0 Å². The van der Waals surface area contributed by atoms with Crippen molar-refractivity contribution in [3.05, 3.63) is 36.3 Å². The lowest BCUT2D eigenvalue weighted by Gasteiger charge is -2.01. The Bertz CT molecular complexity index is 730. The molecule has 0 spiro atoms. The van der Waals surface area contributed by atoms with Crippen molar-refractivity contribution in [1.29, 1.82) is 0 Å². The van der Waals surface area contributed by atoms with Crippen molar-refractivity contribution in [2.75, 3.05) is 0 Å². The van der Waals surface area contributed by atoms with Gasteiger partial charge in [-0.2, -0.15) is 4.98 Å². The van der Waals surface area contributed by atoms with Crippen LogP contribution in [0.15, 0.2) is 35.2 Å². The van der Waals surface area contributed by atoms with Crippen molar-refractivity contribution in [3.63, 3.8) is 0 Å². The zero-order chi connectivity index (χ0) is 13.4. The summed E-state index contributed by atoms with van der Waals surface area (Å²) in [6, 6.07) is 5.39. The minimum Gasteiger partial charge on any atom is -0.507 e. The molecule has 0 radical (unpaired) electrons. The number of benzene rings is 1. The minimum absolute atomic E-state index is 0.155. The minimum atomic E-state index is 0.155. The van der Waals surface area contributed by atoms with Crippen molar-refractivity contribution >= 4 is 0 Å². The van der Waals surface area contributed by atoms with E-state index in [4.69, 9.17) is 4.52 Å². The molecule has 2 heterocycles. The molecule has 0 bridgehead atoms. The fourth-order valence-electron chi connectivity index (χ4n) is 1.84. The quantitative estimate of drug-likeness (QED) is 0.760. The molecule has 0 unspecified atom stereocenters. The zero-order valence-corrected chi connectivity index (χ0v) is 10.5. The van der Waals surface area contributed by atoms with Gasteiger partial charge in [0.1, 0.15) is 11.4 Å². The number of imidazole rings is 1. The summed E-state index contributed by atoms with van der Waals surface area (Å²) in [7, 11) is 1.85. The zero-order valence-electron chi connectivity index (χ0n) is 10.5. The number of aromatic nitrogens is 4. The highest BCUT2D eigenvalue weighted by Gasteiger charge is 2.16. The average molecular weight is 256 g/mol. The third kappa shape index (κ3) is 1.87. The molecule has 6 heteroatoms. The lowest BCUT2D eigenvalue weighted by atomic mass is 10.1. The Labute approximate surface area is 109 Å². The van der Waals surface area contributed by atoms with Crippen molar-refractivity contribution < 1.29 is 9.63 Å². The second kappa shape index (κ2) is 4.24. The number of phenols is 1. The molecule has 0 aliphatic heterocycles. The van der Waals surface area contributed by atoms with E-state index >= 15 is 0 Å². The number of para-hydroxylation sites is 1. The van der Waals surface area contributed by atoms with E-state index in [1.165, 1.54) is 0 Å². The molecular formula is C13H12N4O2. The van der Waals surface area contributed by atoms with Gasteiger partial charge in [-0.1, -0.05) is 17.3 Å². The smallest absolute Gasteiger partial charge is 0.262 e. The highest BCUT2D eigenvalue weighted by atomic mass is 16.5. The summed E-state index contributed by atoms with van der Waals surface area (Å²) in [6.07, 6.45) is 3.32. The average Bonchev–Trinajstić information content (AvgIpc) is 3.01. The van der Waals surface area contributed by atoms with Crippen LogP contribution in [0.4, 0.5) is 0 Å². The molecule has 0 fully saturated rings. The van der Waals surface area contributed by atoms with Gasteiger partial charge < -0.3 is 14.2 Å². The van der Waals surface area contributed by atoms with Crippen LogP contribution in [0.5, 0.6) is 5.75 Å². The van der Waals surface area contributed by atoms with Crippen LogP contribution < -0.4 is 0 Å². The third-order valence-corrected chi connectivity index (χ3v) is 2.94. The molecule has 1 N–H and O–H groups in total. The van der Waals surface area contributed by atoms with Crippen molar-refractivity contribution in [2.24, 2.45) is 7.05 Å². The van der Waals surface area contributed by atoms with Crippen LogP contribution in [-0.4, -0.2) is 24.8 Å². The molecule has 3 rings (SSSR count). The largest absolute Gasteiger partial charge is 0.507 e. The Balaban J connectivity index is 2.07. The summed E-state index contributed by atoms with van der Waals surface area (Å²) in [5.74, 6) is 0.885. The van der Waals surface area contributed by atoms with Crippen molar-refractivity contribution in [2.45, 2.75) is 6.92 Å². The summed E-state index contributed by atoms with van der Waals surface area (Å²) < 4.78 is 7.00. The van der Waals surface area contributed by atoms with Gasteiger partial charge in [-0.3, -0.25) is 0 Å². The number of phenolic OH excluding ortho intramolecular Hbond substituents is 1. The molecule has 1 aromatic carbocycles. The van der Waals surface area contributed by atoms with E-state index in [1.807, 2.05) is 26.1 Å². The van der Waals surface area contributed by atoms with Crippen LogP contribution in [0.3, 0.4) is 0 Å². The molecule has 3 aromatic rings. The van der Waals surface area contributed by atoms with Gasteiger partial charge in [0, 0.05) is 7.05 Å². The molecule has 0 saturated carbocycles. The number of aryl methyl sites for hydroxylation is 2. The Morgan fingerprint density at radius 2 is 2.16 bits per heavy atom. The van der Waals surface area contributed by atoms with Gasteiger partial charge in [-0.15, -0.1) is 0 Å². The van der Waals surface area contributed by atoms with E-state index in [-0.39, 0.29) is 11.6 Å². The lowest BCUT2D eigenvalue weighted by molar-refractivity contribution is 0.424. The number of hydrogen-bond acceptors (Lipinski definition) is 5. The molecule has 96 valence electrons. The maximum atomic E-state index is 10.0. The first-order chi connectivity index (χ1) is 9.16. The predicted octanol–water partition coefficient (Wildman–Crippen LogP) is 2.15. The summed E-state index contributed by atoms with van der Waals surface area (Å²) >= 11 is 0. The molecule has 6 nitrogen and oxygen atoms in total. The van der Waals surface area contributed by atoms with Gasteiger partial charge in [-0.25, -0.2) is 4.98 Å². The molecule has 0 aliphatic rings. The Kier molecular flexibility index (Phi) is 2.56. The second-order valence-corrected chi connectivity index (χ2v) is 4.28. The van der Waals surface area contributed by atoms with Crippen molar-refractivity contribution in [1.82, 2.24) is 19.7 Å².